The van der Waals surface area contributed by atoms with E-state index in [0.717, 1.165) is 6.07 Å². The Morgan fingerprint density at radius 2 is 2.00 bits per heavy atom. The van der Waals surface area contributed by atoms with Gasteiger partial charge in [-0.2, -0.15) is 4.31 Å². The summed E-state index contributed by atoms with van der Waals surface area (Å²) in [6.07, 6.45) is 0. The molecule has 0 spiro atoms. The molecule has 0 aliphatic rings. The Bertz CT molecular complexity index is 692. The summed E-state index contributed by atoms with van der Waals surface area (Å²) in [6.45, 7) is 0.744. The lowest BCUT2D eigenvalue weighted by molar-refractivity contribution is -0.118. The second kappa shape index (κ2) is 6.37. The van der Waals surface area contributed by atoms with Crippen LogP contribution < -0.4 is 5.73 Å². The van der Waals surface area contributed by atoms with E-state index in [1.165, 1.54) is 6.92 Å². The number of carboxylic acids is 1. The molecule has 1 rings (SSSR count). The van der Waals surface area contributed by atoms with Crippen molar-refractivity contribution in [2.24, 2.45) is 5.73 Å². The number of sulfonamides is 1. The fourth-order valence-electron chi connectivity index (χ4n) is 1.56. The first-order valence-electron chi connectivity index (χ1n) is 5.62. The summed E-state index contributed by atoms with van der Waals surface area (Å²) in [5, 5.41) is 8.19. The van der Waals surface area contributed by atoms with Crippen molar-refractivity contribution < 1.29 is 27.5 Å². The van der Waals surface area contributed by atoms with Gasteiger partial charge in [-0.15, -0.1) is 0 Å². The summed E-state index contributed by atoms with van der Waals surface area (Å²) in [5.41, 5.74) is 4.25. The number of halogens is 2. The first-order chi connectivity index (χ1) is 9.61. The van der Waals surface area contributed by atoms with Gasteiger partial charge in [-0.05, 0) is 12.1 Å². The van der Waals surface area contributed by atoms with Gasteiger partial charge in [0.05, 0.1) is 22.0 Å². The van der Waals surface area contributed by atoms with Crippen LogP contribution in [0.25, 0.3) is 0 Å². The highest BCUT2D eigenvalue weighted by Gasteiger charge is 2.27. The van der Waals surface area contributed by atoms with E-state index in [1.807, 2.05) is 0 Å². The van der Waals surface area contributed by atoms with Crippen molar-refractivity contribution in [1.82, 2.24) is 4.31 Å². The Morgan fingerprint density at radius 1 is 1.43 bits per heavy atom. The minimum Gasteiger partial charge on any atom is -0.478 e. The van der Waals surface area contributed by atoms with Crippen LogP contribution >= 0.6 is 11.6 Å². The zero-order valence-corrected chi connectivity index (χ0v) is 12.4. The molecule has 0 saturated heterocycles. The molecule has 0 heterocycles. The third-order valence-electron chi connectivity index (χ3n) is 2.55. The standard InChI is InChI=1S/C11H12ClFN2O5S/c1-2-15(5-9(14)16)21(19,20)6-3-7(11(17)18)10(12)8(13)4-6/h3-4H,2,5H2,1H3,(H2,14,16)(H,17,18). The Morgan fingerprint density at radius 3 is 2.43 bits per heavy atom. The molecule has 0 aliphatic heterocycles. The third kappa shape index (κ3) is 3.69. The SMILES string of the molecule is CCN(CC(N)=O)S(=O)(=O)c1cc(F)c(Cl)c(C(=O)O)c1. The number of benzene rings is 1. The molecule has 0 bridgehead atoms. The molecule has 0 unspecified atom stereocenters. The Labute approximate surface area is 125 Å². The van der Waals surface area contributed by atoms with E-state index in [-0.39, 0.29) is 6.54 Å². The number of hydrogen-bond acceptors (Lipinski definition) is 4. The van der Waals surface area contributed by atoms with Crippen molar-refractivity contribution in [3.8, 4) is 0 Å². The van der Waals surface area contributed by atoms with Crippen LogP contribution in [0, 0.1) is 5.82 Å². The Balaban J connectivity index is 3.44. The van der Waals surface area contributed by atoms with Crippen molar-refractivity contribution in [2.75, 3.05) is 13.1 Å². The number of aromatic carboxylic acids is 1. The summed E-state index contributed by atoms with van der Waals surface area (Å²) in [5.74, 6) is -3.66. The molecule has 0 fully saturated rings. The smallest absolute Gasteiger partial charge is 0.337 e. The number of primary amides is 1. The summed E-state index contributed by atoms with van der Waals surface area (Å²) in [7, 11) is -4.27. The number of rotatable bonds is 6. The quantitative estimate of drug-likeness (QED) is 0.790. The molecule has 0 atom stereocenters. The van der Waals surface area contributed by atoms with Crippen LogP contribution in [-0.2, 0) is 14.8 Å². The summed E-state index contributed by atoms with van der Waals surface area (Å²) in [4.78, 5) is 21.2. The van der Waals surface area contributed by atoms with Crippen LogP contribution in [-0.4, -0.2) is 42.8 Å². The second-order valence-corrected chi connectivity index (χ2v) is 6.29. The maximum absolute atomic E-state index is 13.6. The zero-order valence-electron chi connectivity index (χ0n) is 10.8. The molecule has 0 aliphatic carbocycles. The van der Waals surface area contributed by atoms with Crippen LogP contribution in [0.1, 0.15) is 17.3 Å². The van der Waals surface area contributed by atoms with E-state index in [1.54, 1.807) is 0 Å². The van der Waals surface area contributed by atoms with Gasteiger partial charge < -0.3 is 10.8 Å². The molecule has 7 nitrogen and oxygen atoms in total. The predicted molar refractivity (Wildman–Crippen MR) is 72.0 cm³/mol. The molecule has 10 heteroatoms. The minimum atomic E-state index is -4.27. The molecular weight excluding hydrogens is 327 g/mol. The van der Waals surface area contributed by atoms with Gasteiger partial charge in [0.25, 0.3) is 0 Å². The van der Waals surface area contributed by atoms with Gasteiger partial charge in [0, 0.05) is 6.54 Å². The van der Waals surface area contributed by atoms with Gasteiger partial charge in [0.2, 0.25) is 15.9 Å². The van der Waals surface area contributed by atoms with E-state index in [4.69, 9.17) is 22.4 Å². The molecule has 1 amide bonds. The van der Waals surface area contributed by atoms with Gasteiger partial charge in [0.1, 0.15) is 5.82 Å². The first kappa shape index (κ1) is 17.3. The van der Waals surface area contributed by atoms with Crippen LogP contribution in [0.15, 0.2) is 17.0 Å². The number of amides is 1. The van der Waals surface area contributed by atoms with Crippen molar-refractivity contribution >= 4 is 33.5 Å². The van der Waals surface area contributed by atoms with Gasteiger partial charge in [-0.3, -0.25) is 4.79 Å². The first-order valence-corrected chi connectivity index (χ1v) is 7.43. The lowest BCUT2D eigenvalue weighted by Crippen LogP contribution is -2.38. The molecule has 116 valence electrons. The van der Waals surface area contributed by atoms with E-state index in [0.29, 0.717) is 10.4 Å². The van der Waals surface area contributed by atoms with Crippen LogP contribution in [0.4, 0.5) is 4.39 Å². The highest BCUT2D eigenvalue weighted by Crippen LogP contribution is 2.26. The van der Waals surface area contributed by atoms with Crippen molar-refractivity contribution in [1.29, 1.82) is 0 Å². The molecule has 21 heavy (non-hydrogen) atoms. The predicted octanol–water partition coefficient (Wildman–Crippen LogP) is 0.673. The van der Waals surface area contributed by atoms with Gasteiger partial charge in [-0.1, -0.05) is 18.5 Å². The van der Waals surface area contributed by atoms with Crippen LogP contribution in [0.5, 0.6) is 0 Å². The molecule has 3 N–H and O–H groups in total. The topological polar surface area (TPSA) is 118 Å². The highest BCUT2D eigenvalue weighted by molar-refractivity contribution is 7.89. The Hall–Kier alpha value is -1.71. The average molecular weight is 339 g/mol. The summed E-state index contributed by atoms with van der Waals surface area (Å²) in [6, 6.07) is 1.32. The molecule has 0 saturated carbocycles. The fraction of sp³-hybridized carbons (Fsp3) is 0.273. The minimum absolute atomic E-state index is 0.0993. The maximum Gasteiger partial charge on any atom is 0.337 e. The lowest BCUT2D eigenvalue weighted by atomic mass is 10.2. The molecule has 0 radical (unpaired) electrons. The maximum atomic E-state index is 13.6. The number of carboxylic acid groups (broad SMARTS) is 1. The largest absolute Gasteiger partial charge is 0.478 e. The third-order valence-corrected chi connectivity index (χ3v) is 4.84. The number of hydrogen-bond donors (Lipinski definition) is 2. The van der Waals surface area contributed by atoms with E-state index < -0.39 is 49.7 Å². The number of carbonyl (C=O) groups is 2. The number of likely N-dealkylation sites (N-methyl/N-ethyl adjacent to an activating group) is 1. The molecule has 0 aromatic heterocycles. The normalized spacial score (nSPS) is 11.6. The number of carbonyl (C=O) groups excluding carboxylic acids is 1. The summed E-state index contributed by atoms with van der Waals surface area (Å²) >= 11 is 5.47. The van der Waals surface area contributed by atoms with Crippen LogP contribution in [0.3, 0.4) is 0 Å². The number of nitrogens with zero attached hydrogens (tertiary/aromatic N) is 1. The van der Waals surface area contributed by atoms with Gasteiger partial charge in [0.15, 0.2) is 0 Å². The lowest BCUT2D eigenvalue weighted by Gasteiger charge is -2.19. The average Bonchev–Trinajstić information content (AvgIpc) is 2.37. The summed E-state index contributed by atoms with van der Waals surface area (Å²) < 4.78 is 38.8. The Kier molecular flexibility index (Phi) is 5.26. The van der Waals surface area contributed by atoms with Crippen molar-refractivity contribution in [3.05, 3.63) is 28.5 Å². The van der Waals surface area contributed by atoms with Crippen molar-refractivity contribution in [3.63, 3.8) is 0 Å². The molecule has 1 aromatic rings. The number of nitrogens with two attached hydrogens (primary N) is 1. The van der Waals surface area contributed by atoms with E-state index in [2.05, 4.69) is 0 Å². The fourth-order valence-corrected chi connectivity index (χ4v) is 3.20. The monoisotopic (exact) mass is 338 g/mol. The molecular formula is C11H12ClFN2O5S. The van der Waals surface area contributed by atoms with E-state index in [9.17, 15) is 22.4 Å². The van der Waals surface area contributed by atoms with E-state index >= 15 is 0 Å². The highest BCUT2D eigenvalue weighted by atomic mass is 35.5. The van der Waals surface area contributed by atoms with Gasteiger partial charge >= 0.3 is 5.97 Å². The second-order valence-electron chi connectivity index (χ2n) is 3.97. The van der Waals surface area contributed by atoms with Crippen molar-refractivity contribution in [2.45, 2.75) is 11.8 Å². The van der Waals surface area contributed by atoms with Crippen LogP contribution in [0.2, 0.25) is 5.02 Å². The van der Waals surface area contributed by atoms with Gasteiger partial charge in [-0.25, -0.2) is 17.6 Å². The molecule has 1 aromatic carbocycles. The zero-order chi connectivity index (χ0) is 16.4.